The molecule has 66 valence electrons. The van der Waals surface area contributed by atoms with E-state index in [9.17, 15) is 0 Å². The first-order chi connectivity index (χ1) is 5.13. The van der Waals surface area contributed by atoms with Crippen LogP contribution in [0.3, 0.4) is 0 Å². The normalized spacial score (nSPS) is 13.0. The van der Waals surface area contributed by atoms with Crippen molar-refractivity contribution in [3.05, 3.63) is 12.2 Å². The Morgan fingerprint density at radius 1 is 1.55 bits per heavy atom. The predicted molar refractivity (Wildman–Crippen MR) is 55.0 cm³/mol. The predicted octanol–water partition coefficient (Wildman–Crippen LogP) is 2.42. The van der Waals surface area contributed by atoms with Gasteiger partial charge in [-0.05, 0) is 38.2 Å². The van der Waals surface area contributed by atoms with Crippen molar-refractivity contribution in [2.24, 2.45) is 5.73 Å². The molecule has 0 spiro atoms. The molecule has 0 fully saturated rings. The van der Waals surface area contributed by atoms with Gasteiger partial charge >= 0.3 is 0 Å². The van der Waals surface area contributed by atoms with Gasteiger partial charge in [0.15, 0.2) is 0 Å². The Morgan fingerprint density at radius 2 is 2.18 bits per heavy atom. The molecule has 1 unspecified atom stereocenters. The SMILES string of the molecule is C=C(C)CCSCCC(C)N. The zero-order chi connectivity index (χ0) is 8.69. The van der Waals surface area contributed by atoms with Crippen LogP contribution in [-0.4, -0.2) is 17.5 Å². The third kappa shape index (κ3) is 10.1. The van der Waals surface area contributed by atoms with Crippen LogP contribution in [0.5, 0.6) is 0 Å². The third-order valence-corrected chi connectivity index (χ3v) is 2.41. The molecule has 0 aliphatic rings. The number of allylic oxidation sites excluding steroid dienone is 1. The Hall–Kier alpha value is 0.0500. The van der Waals surface area contributed by atoms with E-state index in [1.807, 2.05) is 11.8 Å². The van der Waals surface area contributed by atoms with Crippen LogP contribution >= 0.6 is 11.8 Å². The van der Waals surface area contributed by atoms with E-state index < -0.39 is 0 Å². The van der Waals surface area contributed by atoms with Crippen molar-refractivity contribution in [2.45, 2.75) is 32.7 Å². The van der Waals surface area contributed by atoms with Gasteiger partial charge in [-0.1, -0.05) is 5.57 Å². The molecule has 0 aromatic rings. The van der Waals surface area contributed by atoms with Gasteiger partial charge in [-0.3, -0.25) is 0 Å². The molecule has 2 N–H and O–H groups in total. The van der Waals surface area contributed by atoms with E-state index >= 15 is 0 Å². The van der Waals surface area contributed by atoms with Crippen LogP contribution < -0.4 is 5.73 Å². The van der Waals surface area contributed by atoms with Gasteiger partial charge in [0.2, 0.25) is 0 Å². The molecule has 0 saturated heterocycles. The second-order valence-electron chi connectivity index (χ2n) is 3.09. The maximum absolute atomic E-state index is 5.60. The lowest BCUT2D eigenvalue weighted by Gasteiger charge is -2.03. The molecule has 1 nitrogen and oxygen atoms in total. The summed E-state index contributed by atoms with van der Waals surface area (Å²) in [4.78, 5) is 0. The van der Waals surface area contributed by atoms with Crippen molar-refractivity contribution in [3.63, 3.8) is 0 Å². The molecule has 2 heteroatoms. The van der Waals surface area contributed by atoms with Crippen molar-refractivity contribution >= 4 is 11.8 Å². The van der Waals surface area contributed by atoms with Crippen LogP contribution in [0.25, 0.3) is 0 Å². The highest BCUT2D eigenvalue weighted by molar-refractivity contribution is 7.99. The van der Waals surface area contributed by atoms with E-state index in [1.54, 1.807) is 0 Å². The zero-order valence-corrected chi connectivity index (χ0v) is 8.41. The lowest BCUT2D eigenvalue weighted by atomic mass is 10.3. The lowest BCUT2D eigenvalue weighted by Crippen LogP contribution is -2.15. The van der Waals surface area contributed by atoms with Crippen molar-refractivity contribution in [3.8, 4) is 0 Å². The second kappa shape index (κ2) is 6.74. The first-order valence-electron chi connectivity index (χ1n) is 4.10. The van der Waals surface area contributed by atoms with Crippen molar-refractivity contribution in [1.29, 1.82) is 0 Å². The first kappa shape index (κ1) is 11.1. The smallest absolute Gasteiger partial charge is 0.00183 e. The highest BCUT2D eigenvalue weighted by Gasteiger charge is 1.94. The van der Waals surface area contributed by atoms with Gasteiger partial charge in [0, 0.05) is 6.04 Å². The standard InChI is InChI=1S/C9H19NS/c1-8(2)4-6-11-7-5-9(3)10/h9H,1,4-7,10H2,2-3H3. The average Bonchev–Trinajstić information content (AvgIpc) is 1.85. The third-order valence-electron chi connectivity index (χ3n) is 1.39. The second-order valence-corrected chi connectivity index (χ2v) is 4.31. The molecule has 1 atom stereocenters. The summed E-state index contributed by atoms with van der Waals surface area (Å²) in [7, 11) is 0. The number of hydrogen-bond donors (Lipinski definition) is 1. The summed E-state index contributed by atoms with van der Waals surface area (Å²) in [6.45, 7) is 7.98. The zero-order valence-electron chi connectivity index (χ0n) is 7.60. The monoisotopic (exact) mass is 173 g/mol. The van der Waals surface area contributed by atoms with Gasteiger partial charge < -0.3 is 5.73 Å². The molecule has 0 radical (unpaired) electrons. The van der Waals surface area contributed by atoms with Gasteiger partial charge in [0.05, 0.1) is 0 Å². The van der Waals surface area contributed by atoms with E-state index in [2.05, 4.69) is 20.4 Å². The van der Waals surface area contributed by atoms with E-state index in [1.165, 1.54) is 17.1 Å². The molecule has 0 aliphatic carbocycles. The summed E-state index contributed by atoms with van der Waals surface area (Å²) in [5.41, 5.74) is 6.88. The van der Waals surface area contributed by atoms with Crippen LogP contribution in [0.2, 0.25) is 0 Å². The summed E-state index contributed by atoms with van der Waals surface area (Å²) < 4.78 is 0. The van der Waals surface area contributed by atoms with Crippen molar-refractivity contribution in [1.82, 2.24) is 0 Å². The minimum Gasteiger partial charge on any atom is -0.328 e. The Bertz CT molecular complexity index is 110. The van der Waals surface area contributed by atoms with Crippen molar-refractivity contribution < 1.29 is 0 Å². The van der Waals surface area contributed by atoms with E-state index in [4.69, 9.17) is 5.73 Å². The number of rotatable bonds is 6. The highest BCUT2D eigenvalue weighted by Crippen LogP contribution is 2.08. The fourth-order valence-electron chi connectivity index (χ4n) is 0.618. The molecular formula is C9H19NS. The summed E-state index contributed by atoms with van der Waals surface area (Å²) in [6, 6.07) is 0.354. The van der Waals surface area contributed by atoms with E-state index in [-0.39, 0.29) is 0 Å². The van der Waals surface area contributed by atoms with E-state index in [0.29, 0.717) is 6.04 Å². The van der Waals surface area contributed by atoms with Gasteiger partial charge in [-0.2, -0.15) is 11.8 Å². The van der Waals surface area contributed by atoms with Crippen molar-refractivity contribution in [2.75, 3.05) is 11.5 Å². The summed E-state index contributed by atoms with van der Waals surface area (Å²) in [6.07, 6.45) is 2.27. The Kier molecular flexibility index (Phi) is 6.77. The number of hydrogen-bond acceptors (Lipinski definition) is 2. The van der Waals surface area contributed by atoms with Gasteiger partial charge in [-0.15, -0.1) is 6.58 Å². The summed E-state index contributed by atoms with van der Waals surface area (Å²) in [5.74, 6) is 2.38. The first-order valence-corrected chi connectivity index (χ1v) is 5.26. The molecule has 0 aliphatic heterocycles. The fourth-order valence-corrected chi connectivity index (χ4v) is 1.85. The number of nitrogens with two attached hydrogens (primary N) is 1. The summed E-state index contributed by atoms with van der Waals surface area (Å²) >= 11 is 1.97. The molecule has 0 aromatic heterocycles. The molecule has 0 rings (SSSR count). The quantitative estimate of drug-likeness (QED) is 0.493. The van der Waals surface area contributed by atoms with Crippen LogP contribution in [-0.2, 0) is 0 Å². The maximum atomic E-state index is 5.60. The minimum atomic E-state index is 0.354. The molecular weight excluding hydrogens is 154 g/mol. The lowest BCUT2D eigenvalue weighted by molar-refractivity contribution is 0.721. The fraction of sp³-hybridized carbons (Fsp3) is 0.778. The topological polar surface area (TPSA) is 26.0 Å². The van der Waals surface area contributed by atoms with Gasteiger partial charge in [0.25, 0.3) is 0 Å². The Balaban J connectivity index is 2.97. The highest BCUT2D eigenvalue weighted by atomic mass is 32.2. The molecule has 0 bridgehead atoms. The minimum absolute atomic E-state index is 0.354. The largest absolute Gasteiger partial charge is 0.328 e. The van der Waals surface area contributed by atoms with Crippen LogP contribution in [0, 0.1) is 0 Å². The summed E-state index contributed by atoms with van der Waals surface area (Å²) in [5, 5.41) is 0. The number of thioether (sulfide) groups is 1. The van der Waals surface area contributed by atoms with E-state index in [0.717, 1.165) is 12.8 Å². The average molecular weight is 173 g/mol. The van der Waals surface area contributed by atoms with Gasteiger partial charge in [0.1, 0.15) is 0 Å². The Labute approximate surface area is 74.4 Å². The van der Waals surface area contributed by atoms with Crippen LogP contribution in [0.1, 0.15) is 26.7 Å². The van der Waals surface area contributed by atoms with Crippen LogP contribution in [0.4, 0.5) is 0 Å². The van der Waals surface area contributed by atoms with Crippen LogP contribution in [0.15, 0.2) is 12.2 Å². The molecule has 0 heterocycles. The Morgan fingerprint density at radius 3 is 2.64 bits per heavy atom. The molecule has 0 saturated carbocycles. The molecule has 0 aromatic carbocycles. The maximum Gasteiger partial charge on any atom is 0.00183 e. The molecule has 0 amide bonds. The van der Waals surface area contributed by atoms with Gasteiger partial charge in [-0.25, -0.2) is 0 Å². The molecule has 11 heavy (non-hydrogen) atoms.